The second-order valence-electron chi connectivity index (χ2n) is 9.65. The molecule has 2 atom stereocenters. The Morgan fingerprint density at radius 3 is 2.50 bits per heavy atom. The molecule has 0 radical (unpaired) electrons. The van der Waals surface area contributed by atoms with Crippen LogP contribution in [-0.2, 0) is 14.3 Å². The Morgan fingerprint density at radius 2 is 1.86 bits per heavy atom. The Balaban J connectivity index is 1.34. The normalized spacial score (nSPS) is 20.2. The van der Waals surface area contributed by atoms with Crippen LogP contribution in [0.5, 0.6) is 5.75 Å². The Kier molecular flexibility index (Phi) is 8.99. The summed E-state index contributed by atoms with van der Waals surface area (Å²) in [6.07, 6.45) is 19.3. The Labute approximate surface area is 214 Å². The Morgan fingerprint density at radius 1 is 1.06 bits per heavy atom. The van der Waals surface area contributed by atoms with Crippen molar-refractivity contribution in [3.05, 3.63) is 89.3 Å². The number of hydrogen-bond donors (Lipinski definition) is 0. The summed E-state index contributed by atoms with van der Waals surface area (Å²) in [6, 6.07) is 6.99. The first kappa shape index (κ1) is 25.7. The van der Waals surface area contributed by atoms with E-state index < -0.39 is 0 Å². The van der Waals surface area contributed by atoms with Crippen molar-refractivity contribution < 1.29 is 23.8 Å². The van der Waals surface area contributed by atoms with Crippen molar-refractivity contribution in [3.63, 3.8) is 0 Å². The van der Waals surface area contributed by atoms with Crippen LogP contribution in [0.4, 0.5) is 0 Å². The van der Waals surface area contributed by atoms with Crippen molar-refractivity contribution >= 4 is 11.9 Å². The van der Waals surface area contributed by atoms with Crippen molar-refractivity contribution in [2.45, 2.75) is 83.3 Å². The summed E-state index contributed by atoms with van der Waals surface area (Å²) in [5.74, 6) is 0.611. The molecule has 190 valence electrons. The van der Waals surface area contributed by atoms with E-state index in [1.165, 1.54) is 17.6 Å². The molecule has 2 unspecified atom stereocenters. The molecule has 36 heavy (non-hydrogen) atoms. The minimum atomic E-state index is -0.374. The minimum Gasteiger partial charge on any atom is -0.487 e. The molecule has 0 saturated carbocycles. The van der Waals surface area contributed by atoms with E-state index in [9.17, 15) is 9.59 Å². The first-order chi connectivity index (χ1) is 17.5. The molecule has 1 saturated heterocycles. The zero-order valence-corrected chi connectivity index (χ0v) is 21.2. The minimum absolute atomic E-state index is 0.244. The average molecular weight is 489 g/mol. The summed E-state index contributed by atoms with van der Waals surface area (Å²) >= 11 is 0. The van der Waals surface area contributed by atoms with Crippen molar-refractivity contribution in [2.24, 2.45) is 0 Å². The number of unbranched alkanes of at least 4 members (excludes halogenated alkanes) is 3. The van der Waals surface area contributed by atoms with Gasteiger partial charge in [0, 0.05) is 18.4 Å². The van der Waals surface area contributed by atoms with E-state index in [1.807, 2.05) is 6.08 Å². The number of esters is 2. The van der Waals surface area contributed by atoms with Crippen LogP contribution in [0.2, 0.25) is 0 Å². The fourth-order valence-corrected chi connectivity index (χ4v) is 4.75. The third-order valence-electron chi connectivity index (χ3n) is 6.89. The highest BCUT2D eigenvalue weighted by Crippen LogP contribution is 2.30. The highest BCUT2D eigenvalue weighted by Gasteiger charge is 2.35. The summed E-state index contributed by atoms with van der Waals surface area (Å²) in [6.45, 7) is 5.97. The van der Waals surface area contributed by atoms with E-state index in [0.29, 0.717) is 35.5 Å². The van der Waals surface area contributed by atoms with Gasteiger partial charge in [-0.05, 0) is 73.6 Å². The number of cyclic esters (lactones) is 1. The zero-order valence-electron chi connectivity index (χ0n) is 21.2. The van der Waals surface area contributed by atoms with Gasteiger partial charge in [-0.15, -0.1) is 0 Å². The molecule has 4 rings (SSSR count). The summed E-state index contributed by atoms with van der Waals surface area (Å²) < 4.78 is 17.4. The molecule has 0 N–H and O–H groups in total. The molecule has 0 spiro atoms. The summed E-state index contributed by atoms with van der Waals surface area (Å²) in [5.41, 5.74) is 3.65. The fraction of sp³-hybridized carbons (Fsp3) is 0.419. The van der Waals surface area contributed by atoms with Crippen molar-refractivity contribution in [1.82, 2.24) is 0 Å². The second kappa shape index (κ2) is 12.6. The summed E-state index contributed by atoms with van der Waals surface area (Å²) in [4.78, 5) is 24.6. The SMILES string of the molecule is C=C1CC(C(CCCCCC)Oc2ccc(C(=O)OC3=CC=C(C4=CC=CCC4)CC3)cc2)OC1=O. The van der Waals surface area contributed by atoms with E-state index >= 15 is 0 Å². The zero-order chi connectivity index (χ0) is 25.3. The Hall–Kier alpha value is -3.34. The molecule has 3 aliphatic rings. The van der Waals surface area contributed by atoms with Crippen molar-refractivity contribution in [1.29, 1.82) is 0 Å². The van der Waals surface area contributed by atoms with Gasteiger partial charge in [-0.1, -0.05) is 57.1 Å². The molecule has 5 nitrogen and oxygen atoms in total. The van der Waals surface area contributed by atoms with Gasteiger partial charge in [-0.2, -0.15) is 0 Å². The standard InChI is InChI=1S/C31H36O5/c1-3-4-5-9-12-28(29-21-22(2)30(32)36-29)34-26-19-15-25(16-20-26)31(33)35-27-17-13-24(14-18-27)23-10-7-6-8-11-23/h6-7,10,13,15-17,19-20,28-29H,2-5,8-9,11-12,14,18,21H2,1H3. The van der Waals surface area contributed by atoms with E-state index in [2.05, 4.69) is 37.8 Å². The number of carbonyl (C=O) groups excluding carboxylic acids is 2. The number of allylic oxidation sites excluding steroid dienone is 8. The lowest BCUT2D eigenvalue weighted by Crippen LogP contribution is -2.31. The van der Waals surface area contributed by atoms with E-state index in [0.717, 1.165) is 44.9 Å². The van der Waals surface area contributed by atoms with Gasteiger partial charge < -0.3 is 14.2 Å². The van der Waals surface area contributed by atoms with Gasteiger partial charge >= 0.3 is 11.9 Å². The quantitative estimate of drug-likeness (QED) is 0.186. The Bertz CT molecular complexity index is 1070. The van der Waals surface area contributed by atoms with Gasteiger partial charge in [0.05, 0.1) is 5.56 Å². The maximum absolute atomic E-state index is 12.7. The predicted octanol–water partition coefficient (Wildman–Crippen LogP) is 7.31. The first-order valence-corrected chi connectivity index (χ1v) is 13.2. The number of carbonyl (C=O) groups is 2. The molecule has 0 aromatic heterocycles. The molecule has 1 aromatic carbocycles. The van der Waals surface area contributed by atoms with E-state index in [4.69, 9.17) is 14.2 Å². The van der Waals surface area contributed by atoms with Crippen LogP contribution in [0.25, 0.3) is 0 Å². The lowest BCUT2D eigenvalue weighted by molar-refractivity contribution is -0.142. The van der Waals surface area contributed by atoms with Crippen LogP contribution >= 0.6 is 0 Å². The fourth-order valence-electron chi connectivity index (χ4n) is 4.75. The maximum atomic E-state index is 12.7. The van der Waals surface area contributed by atoms with Gasteiger partial charge in [0.25, 0.3) is 0 Å². The molecule has 1 fully saturated rings. The lowest BCUT2D eigenvalue weighted by atomic mass is 9.91. The third-order valence-corrected chi connectivity index (χ3v) is 6.89. The van der Waals surface area contributed by atoms with Gasteiger partial charge in [0.15, 0.2) is 0 Å². The topological polar surface area (TPSA) is 61.8 Å². The molecule has 2 aliphatic carbocycles. The van der Waals surface area contributed by atoms with Crippen LogP contribution < -0.4 is 4.74 Å². The highest BCUT2D eigenvalue weighted by atomic mass is 16.6. The smallest absolute Gasteiger partial charge is 0.343 e. The number of hydrogen-bond acceptors (Lipinski definition) is 5. The number of benzene rings is 1. The van der Waals surface area contributed by atoms with Gasteiger partial charge in [-0.25, -0.2) is 9.59 Å². The molecular weight excluding hydrogens is 452 g/mol. The van der Waals surface area contributed by atoms with Crippen LogP contribution in [0.15, 0.2) is 83.7 Å². The summed E-state index contributed by atoms with van der Waals surface area (Å²) in [5, 5.41) is 0. The van der Waals surface area contributed by atoms with E-state index in [1.54, 1.807) is 24.3 Å². The van der Waals surface area contributed by atoms with Crippen LogP contribution in [0.1, 0.15) is 81.5 Å². The van der Waals surface area contributed by atoms with Gasteiger partial charge in [0.2, 0.25) is 0 Å². The monoisotopic (exact) mass is 488 g/mol. The van der Waals surface area contributed by atoms with Crippen molar-refractivity contribution in [2.75, 3.05) is 0 Å². The molecule has 1 aliphatic heterocycles. The molecule has 1 heterocycles. The highest BCUT2D eigenvalue weighted by molar-refractivity contribution is 5.90. The maximum Gasteiger partial charge on any atom is 0.343 e. The predicted molar refractivity (Wildman–Crippen MR) is 141 cm³/mol. The van der Waals surface area contributed by atoms with Crippen LogP contribution in [-0.4, -0.2) is 24.1 Å². The largest absolute Gasteiger partial charge is 0.487 e. The number of rotatable bonds is 11. The second-order valence-corrected chi connectivity index (χ2v) is 9.65. The molecule has 1 aromatic rings. The summed E-state index contributed by atoms with van der Waals surface area (Å²) in [7, 11) is 0. The molecule has 0 amide bonds. The van der Waals surface area contributed by atoms with Gasteiger partial charge in [0.1, 0.15) is 23.7 Å². The van der Waals surface area contributed by atoms with Crippen LogP contribution in [0.3, 0.4) is 0 Å². The van der Waals surface area contributed by atoms with Crippen LogP contribution in [0, 0.1) is 0 Å². The molecule has 5 heteroatoms. The average Bonchev–Trinajstić information content (AvgIpc) is 3.25. The van der Waals surface area contributed by atoms with E-state index in [-0.39, 0.29) is 24.1 Å². The number of ether oxygens (including phenoxy) is 3. The molecule has 0 bridgehead atoms. The third kappa shape index (κ3) is 6.87. The van der Waals surface area contributed by atoms with Gasteiger partial charge in [-0.3, -0.25) is 0 Å². The first-order valence-electron chi connectivity index (χ1n) is 13.2. The van der Waals surface area contributed by atoms with Crippen molar-refractivity contribution in [3.8, 4) is 5.75 Å². The molecular formula is C31H36O5. The lowest BCUT2D eigenvalue weighted by Gasteiger charge is -2.24.